The molecule has 2 aliphatic heterocycles. The molecule has 11 heteroatoms. The number of aliphatic hydroxyl groups is 1. The lowest BCUT2D eigenvalue weighted by atomic mass is 10.1. The number of carbonyl (C=O) groups excluding carboxylic acids is 1. The molecule has 0 spiro atoms. The monoisotopic (exact) mass is 454 g/mol. The Labute approximate surface area is 190 Å². The van der Waals surface area contributed by atoms with Gasteiger partial charge >= 0.3 is 0 Å². The van der Waals surface area contributed by atoms with Crippen molar-refractivity contribution in [2.24, 2.45) is 0 Å². The van der Waals surface area contributed by atoms with Gasteiger partial charge in [0.2, 0.25) is 11.9 Å². The van der Waals surface area contributed by atoms with Crippen LogP contribution in [0.5, 0.6) is 0 Å². The zero-order chi connectivity index (χ0) is 23.1. The molecule has 0 saturated carbocycles. The summed E-state index contributed by atoms with van der Waals surface area (Å²) >= 11 is 0. The van der Waals surface area contributed by atoms with Gasteiger partial charge in [0.15, 0.2) is 5.82 Å². The molecular weight excluding hydrogens is 427 g/mol. The number of fused-ring (bicyclic) bond motifs is 1. The first-order valence-electron chi connectivity index (χ1n) is 11.3. The predicted molar refractivity (Wildman–Crippen MR) is 123 cm³/mol. The number of aliphatic hydroxyl groups excluding tert-OH is 1. The van der Waals surface area contributed by atoms with Crippen LogP contribution in [0.3, 0.4) is 0 Å². The average Bonchev–Trinajstić information content (AvgIpc) is 3.38. The number of anilines is 4. The van der Waals surface area contributed by atoms with Crippen molar-refractivity contribution in [2.45, 2.75) is 51.4 Å². The minimum atomic E-state index is -1.32. The third kappa shape index (κ3) is 4.08. The van der Waals surface area contributed by atoms with Gasteiger partial charge in [-0.1, -0.05) is 0 Å². The number of hydrogen-bond acceptors (Lipinski definition) is 8. The lowest BCUT2D eigenvalue weighted by Crippen LogP contribution is -2.45. The molecule has 1 amide bonds. The summed E-state index contributed by atoms with van der Waals surface area (Å²) in [5.74, 6) is 2.24. The molecule has 33 heavy (non-hydrogen) atoms. The summed E-state index contributed by atoms with van der Waals surface area (Å²) in [6.07, 6.45) is 2.78. The smallest absolute Gasteiger partial charge is 0.228 e. The maximum absolute atomic E-state index is 13.9. The van der Waals surface area contributed by atoms with Crippen molar-refractivity contribution in [3.8, 4) is 0 Å². The van der Waals surface area contributed by atoms with Crippen LogP contribution < -0.4 is 15.1 Å². The minimum Gasteiger partial charge on any atom is -0.390 e. The molecule has 3 aromatic rings. The van der Waals surface area contributed by atoms with Crippen LogP contribution in [-0.2, 0) is 4.79 Å². The van der Waals surface area contributed by atoms with Crippen molar-refractivity contribution in [3.63, 3.8) is 0 Å². The van der Waals surface area contributed by atoms with Crippen LogP contribution in [0, 0.1) is 0 Å². The second-order valence-corrected chi connectivity index (χ2v) is 8.78. The summed E-state index contributed by atoms with van der Waals surface area (Å²) in [6.45, 7) is 5.29. The van der Waals surface area contributed by atoms with Crippen molar-refractivity contribution in [3.05, 3.63) is 24.5 Å². The van der Waals surface area contributed by atoms with Gasteiger partial charge < -0.3 is 15.3 Å². The summed E-state index contributed by atoms with van der Waals surface area (Å²) in [6, 6.07) is 3.71. The van der Waals surface area contributed by atoms with Gasteiger partial charge in [-0.25, -0.2) is 14.4 Å². The van der Waals surface area contributed by atoms with E-state index in [4.69, 9.17) is 5.10 Å². The molecule has 0 bridgehead atoms. The average molecular weight is 455 g/mol. The molecular formula is C22H27FN8O2. The van der Waals surface area contributed by atoms with E-state index in [2.05, 4.69) is 20.3 Å². The van der Waals surface area contributed by atoms with E-state index in [0.29, 0.717) is 49.3 Å². The number of amides is 1. The number of carbonyl (C=O) groups is 1. The molecule has 2 fully saturated rings. The number of piperidine rings is 1. The van der Waals surface area contributed by atoms with Crippen LogP contribution in [0.4, 0.5) is 27.8 Å². The maximum Gasteiger partial charge on any atom is 0.228 e. The van der Waals surface area contributed by atoms with Crippen molar-refractivity contribution in [1.82, 2.24) is 24.7 Å². The third-order valence-corrected chi connectivity index (χ3v) is 6.08. The molecule has 0 radical (unpaired) electrons. The van der Waals surface area contributed by atoms with Gasteiger partial charge in [0.05, 0.1) is 23.6 Å². The largest absolute Gasteiger partial charge is 0.390 e. The number of nitrogens with one attached hydrogen (secondary N) is 1. The van der Waals surface area contributed by atoms with Gasteiger partial charge in [-0.05, 0) is 32.8 Å². The number of pyridine rings is 1. The van der Waals surface area contributed by atoms with E-state index in [-0.39, 0.29) is 18.5 Å². The first-order chi connectivity index (χ1) is 15.9. The molecule has 2 atom stereocenters. The molecule has 3 aromatic heterocycles. The van der Waals surface area contributed by atoms with Crippen molar-refractivity contribution >= 4 is 40.2 Å². The topological polar surface area (TPSA) is 112 Å². The molecule has 0 unspecified atom stereocenters. The standard InChI is InChI=1S/C22H27FN8O2/c1-13(2)31-16-10-19(25-11-14(16)21(28-31)30-8-3-4-20(30)33)26-18-5-7-24-22(27-18)29-9-6-17(32)15(23)12-29/h5,7,10-11,13,15,17,32H,3-4,6,8-9,12H2,1-2H3,(H,24,25,26,27)/t15-,17+/m1/s1. The van der Waals surface area contributed by atoms with Gasteiger partial charge in [0, 0.05) is 44.0 Å². The molecule has 0 aromatic carbocycles. The Hall–Kier alpha value is -3.34. The van der Waals surface area contributed by atoms with E-state index in [0.717, 1.165) is 17.3 Å². The Kier molecular flexibility index (Phi) is 5.57. The molecule has 2 aliphatic rings. The highest BCUT2D eigenvalue weighted by Gasteiger charge is 2.29. The second-order valence-electron chi connectivity index (χ2n) is 8.78. The normalized spacial score (nSPS) is 21.4. The number of nitrogens with zero attached hydrogens (tertiary/aromatic N) is 7. The fraction of sp³-hybridized carbons (Fsp3) is 0.500. The van der Waals surface area contributed by atoms with Crippen molar-refractivity contribution < 1.29 is 14.3 Å². The maximum atomic E-state index is 13.9. The lowest BCUT2D eigenvalue weighted by molar-refractivity contribution is -0.117. The number of rotatable bonds is 5. The van der Waals surface area contributed by atoms with E-state index in [1.165, 1.54) is 0 Å². The molecule has 5 rings (SSSR count). The van der Waals surface area contributed by atoms with Gasteiger partial charge in [-0.15, -0.1) is 0 Å². The third-order valence-electron chi connectivity index (χ3n) is 6.08. The Morgan fingerprint density at radius 1 is 1.24 bits per heavy atom. The van der Waals surface area contributed by atoms with Gasteiger partial charge in [0.1, 0.15) is 17.8 Å². The fourth-order valence-electron chi connectivity index (χ4n) is 4.33. The Bertz CT molecular complexity index is 1180. The summed E-state index contributed by atoms with van der Waals surface area (Å²) < 4.78 is 15.8. The van der Waals surface area contributed by atoms with Crippen LogP contribution in [-0.4, -0.2) is 67.7 Å². The Morgan fingerprint density at radius 2 is 2.09 bits per heavy atom. The highest BCUT2D eigenvalue weighted by molar-refractivity contribution is 6.03. The summed E-state index contributed by atoms with van der Waals surface area (Å²) in [4.78, 5) is 29.1. The SMILES string of the molecule is CC(C)n1nc(N2CCCC2=O)c2cnc(Nc3ccnc(N4CC[C@H](O)[C@H](F)C4)n3)cc21. The fourth-order valence-corrected chi connectivity index (χ4v) is 4.33. The summed E-state index contributed by atoms with van der Waals surface area (Å²) in [5, 5.41) is 18.4. The summed E-state index contributed by atoms with van der Waals surface area (Å²) in [7, 11) is 0. The quantitative estimate of drug-likeness (QED) is 0.605. The van der Waals surface area contributed by atoms with Crippen LogP contribution in [0.1, 0.15) is 39.2 Å². The highest BCUT2D eigenvalue weighted by Crippen LogP contribution is 2.32. The Morgan fingerprint density at radius 3 is 2.82 bits per heavy atom. The molecule has 2 N–H and O–H groups in total. The van der Waals surface area contributed by atoms with Gasteiger partial charge in [0.25, 0.3) is 0 Å². The van der Waals surface area contributed by atoms with Crippen molar-refractivity contribution in [2.75, 3.05) is 34.8 Å². The summed E-state index contributed by atoms with van der Waals surface area (Å²) in [5.41, 5.74) is 0.872. The number of aromatic nitrogens is 5. The van der Waals surface area contributed by atoms with Crippen LogP contribution in [0.2, 0.25) is 0 Å². The van der Waals surface area contributed by atoms with E-state index in [1.54, 1.807) is 28.3 Å². The lowest BCUT2D eigenvalue weighted by Gasteiger charge is -2.32. The van der Waals surface area contributed by atoms with Gasteiger partial charge in [-0.2, -0.15) is 10.1 Å². The number of halogens is 1. The molecule has 174 valence electrons. The molecule has 5 heterocycles. The zero-order valence-electron chi connectivity index (χ0n) is 18.6. The van der Waals surface area contributed by atoms with Gasteiger partial charge in [-0.3, -0.25) is 14.4 Å². The molecule has 10 nitrogen and oxygen atoms in total. The first kappa shape index (κ1) is 21.5. The van der Waals surface area contributed by atoms with Crippen LogP contribution in [0.25, 0.3) is 10.9 Å². The Balaban J connectivity index is 1.43. The van der Waals surface area contributed by atoms with E-state index in [1.807, 2.05) is 24.6 Å². The first-order valence-corrected chi connectivity index (χ1v) is 11.3. The molecule has 2 saturated heterocycles. The highest BCUT2D eigenvalue weighted by atomic mass is 19.1. The minimum absolute atomic E-state index is 0.0560. The predicted octanol–water partition coefficient (Wildman–Crippen LogP) is 2.58. The second kappa shape index (κ2) is 8.54. The van der Waals surface area contributed by atoms with Crippen molar-refractivity contribution in [1.29, 1.82) is 0 Å². The number of alkyl halides is 1. The van der Waals surface area contributed by atoms with E-state index >= 15 is 0 Å². The van der Waals surface area contributed by atoms with Crippen LogP contribution >= 0.6 is 0 Å². The van der Waals surface area contributed by atoms with Crippen LogP contribution in [0.15, 0.2) is 24.5 Å². The molecule has 0 aliphatic carbocycles. The zero-order valence-corrected chi connectivity index (χ0v) is 18.6. The van der Waals surface area contributed by atoms with E-state index < -0.39 is 12.3 Å². The van der Waals surface area contributed by atoms with E-state index in [9.17, 15) is 14.3 Å². The number of hydrogen-bond donors (Lipinski definition) is 2.